The maximum absolute atomic E-state index is 3.99. The number of rotatable bonds is 6. The van der Waals surface area contributed by atoms with E-state index in [2.05, 4.69) is 33.0 Å². The van der Waals surface area contributed by atoms with E-state index in [1.165, 1.54) is 64.3 Å². The van der Waals surface area contributed by atoms with Gasteiger partial charge >= 0.3 is 0 Å². The van der Waals surface area contributed by atoms with Crippen LogP contribution in [0.1, 0.15) is 85.5 Å². The van der Waals surface area contributed by atoms with Gasteiger partial charge in [0.25, 0.3) is 0 Å². The van der Waals surface area contributed by atoms with Crippen LogP contribution in [0.15, 0.2) is 0 Å². The molecule has 0 radical (unpaired) electrons. The van der Waals surface area contributed by atoms with E-state index in [-0.39, 0.29) is 0 Å². The zero-order chi connectivity index (χ0) is 14.6. The fourth-order valence-electron chi connectivity index (χ4n) is 4.82. The summed E-state index contributed by atoms with van der Waals surface area (Å²) < 4.78 is 0. The van der Waals surface area contributed by atoms with Crippen LogP contribution in [0.4, 0.5) is 0 Å². The second-order valence-corrected chi connectivity index (χ2v) is 8.55. The van der Waals surface area contributed by atoms with Gasteiger partial charge in [-0.2, -0.15) is 0 Å². The van der Waals surface area contributed by atoms with Gasteiger partial charge in [-0.25, -0.2) is 0 Å². The number of hydrogen-bond donors (Lipinski definition) is 1. The van der Waals surface area contributed by atoms with Crippen molar-refractivity contribution in [2.75, 3.05) is 6.54 Å². The van der Waals surface area contributed by atoms with Crippen molar-refractivity contribution < 1.29 is 0 Å². The Balaban J connectivity index is 1.83. The van der Waals surface area contributed by atoms with Gasteiger partial charge in [0, 0.05) is 12.6 Å². The first kappa shape index (κ1) is 16.3. The first-order valence-corrected chi connectivity index (χ1v) is 9.24. The fourth-order valence-corrected chi connectivity index (χ4v) is 4.82. The van der Waals surface area contributed by atoms with E-state index in [9.17, 15) is 0 Å². The van der Waals surface area contributed by atoms with Gasteiger partial charge in [-0.1, -0.05) is 53.4 Å². The standard InChI is InChI=1S/C19H37N/c1-15(2)13-19(10-5-6-11-19)14-20-18-9-7-8-17(12-18)16(3)4/h15-18,20H,5-14H2,1-4H3. The molecule has 1 heteroatoms. The van der Waals surface area contributed by atoms with Crippen LogP contribution in [-0.4, -0.2) is 12.6 Å². The lowest BCUT2D eigenvalue weighted by atomic mass is 9.76. The van der Waals surface area contributed by atoms with Gasteiger partial charge in [0.1, 0.15) is 0 Å². The summed E-state index contributed by atoms with van der Waals surface area (Å²) in [5.74, 6) is 2.69. The van der Waals surface area contributed by atoms with Gasteiger partial charge in [-0.3, -0.25) is 0 Å². The Kier molecular flexibility index (Phi) is 5.95. The van der Waals surface area contributed by atoms with Gasteiger partial charge < -0.3 is 5.32 Å². The lowest BCUT2D eigenvalue weighted by molar-refractivity contribution is 0.181. The molecule has 2 rings (SSSR count). The van der Waals surface area contributed by atoms with Crippen LogP contribution in [0, 0.1) is 23.2 Å². The number of nitrogens with one attached hydrogen (secondary N) is 1. The molecule has 20 heavy (non-hydrogen) atoms. The summed E-state index contributed by atoms with van der Waals surface area (Å²) in [7, 11) is 0. The molecule has 0 aromatic heterocycles. The minimum absolute atomic E-state index is 0.638. The zero-order valence-electron chi connectivity index (χ0n) is 14.4. The largest absolute Gasteiger partial charge is 0.313 e. The topological polar surface area (TPSA) is 12.0 Å². The molecule has 0 aliphatic heterocycles. The Hall–Kier alpha value is -0.0400. The Morgan fingerprint density at radius 3 is 2.30 bits per heavy atom. The Labute approximate surface area is 127 Å². The Morgan fingerprint density at radius 1 is 1.00 bits per heavy atom. The molecule has 0 amide bonds. The van der Waals surface area contributed by atoms with Crippen LogP contribution >= 0.6 is 0 Å². The van der Waals surface area contributed by atoms with Crippen molar-refractivity contribution in [2.45, 2.75) is 91.5 Å². The highest BCUT2D eigenvalue weighted by molar-refractivity contribution is 4.89. The minimum atomic E-state index is 0.638. The average molecular weight is 280 g/mol. The molecular formula is C19H37N. The summed E-state index contributed by atoms with van der Waals surface area (Å²) in [6, 6.07) is 0.806. The van der Waals surface area contributed by atoms with Crippen molar-refractivity contribution in [2.24, 2.45) is 23.2 Å². The molecule has 118 valence electrons. The second-order valence-electron chi connectivity index (χ2n) is 8.55. The predicted octanol–water partition coefficient (Wildman–Crippen LogP) is 5.40. The van der Waals surface area contributed by atoms with Crippen LogP contribution in [0.25, 0.3) is 0 Å². The predicted molar refractivity (Wildman–Crippen MR) is 88.9 cm³/mol. The van der Waals surface area contributed by atoms with E-state index >= 15 is 0 Å². The summed E-state index contributed by atoms with van der Waals surface area (Å²) in [5, 5.41) is 3.99. The molecule has 0 aromatic carbocycles. The summed E-state index contributed by atoms with van der Waals surface area (Å²) in [4.78, 5) is 0. The molecule has 2 aliphatic carbocycles. The molecule has 2 saturated carbocycles. The van der Waals surface area contributed by atoms with Crippen molar-refractivity contribution in [3.05, 3.63) is 0 Å². The van der Waals surface area contributed by atoms with E-state index in [1.54, 1.807) is 0 Å². The van der Waals surface area contributed by atoms with Gasteiger partial charge in [-0.05, 0) is 55.3 Å². The van der Waals surface area contributed by atoms with E-state index in [0.717, 1.165) is 23.8 Å². The smallest absolute Gasteiger partial charge is 0.00700 e. The van der Waals surface area contributed by atoms with Crippen molar-refractivity contribution in [1.82, 2.24) is 5.32 Å². The highest BCUT2D eigenvalue weighted by Crippen LogP contribution is 2.43. The molecule has 1 nitrogen and oxygen atoms in total. The molecule has 2 atom stereocenters. The van der Waals surface area contributed by atoms with E-state index in [0.29, 0.717) is 5.41 Å². The van der Waals surface area contributed by atoms with E-state index in [4.69, 9.17) is 0 Å². The summed E-state index contributed by atoms with van der Waals surface area (Å²) in [6.45, 7) is 10.9. The lowest BCUT2D eigenvalue weighted by Gasteiger charge is -2.37. The Morgan fingerprint density at radius 2 is 1.70 bits per heavy atom. The molecule has 0 bridgehead atoms. The minimum Gasteiger partial charge on any atom is -0.313 e. The molecule has 0 spiro atoms. The highest BCUT2D eigenvalue weighted by Gasteiger charge is 2.35. The molecule has 2 fully saturated rings. The second kappa shape index (κ2) is 7.29. The number of hydrogen-bond acceptors (Lipinski definition) is 1. The van der Waals surface area contributed by atoms with Crippen molar-refractivity contribution in [1.29, 1.82) is 0 Å². The molecule has 0 saturated heterocycles. The molecule has 0 heterocycles. The third-order valence-corrected chi connectivity index (χ3v) is 5.93. The Bertz CT molecular complexity index is 275. The van der Waals surface area contributed by atoms with Crippen LogP contribution in [-0.2, 0) is 0 Å². The third-order valence-electron chi connectivity index (χ3n) is 5.93. The lowest BCUT2D eigenvalue weighted by Crippen LogP contribution is -2.42. The van der Waals surface area contributed by atoms with Crippen molar-refractivity contribution in [3.63, 3.8) is 0 Å². The third kappa shape index (κ3) is 4.48. The molecule has 1 N–H and O–H groups in total. The SMILES string of the molecule is CC(C)CC1(CNC2CCCC(C(C)C)C2)CCCC1. The summed E-state index contributed by atoms with van der Waals surface area (Å²) >= 11 is 0. The fraction of sp³-hybridized carbons (Fsp3) is 1.00. The first-order chi connectivity index (χ1) is 9.51. The summed E-state index contributed by atoms with van der Waals surface area (Å²) in [5.41, 5.74) is 0.638. The van der Waals surface area contributed by atoms with Crippen molar-refractivity contribution in [3.8, 4) is 0 Å². The van der Waals surface area contributed by atoms with E-state index in [1.807, 2.05) is 0 Å². The highest BCUT2D eigenvalue weighted by atomic mass is 14.9. The quantitative estimate of drug-likeness (QED) is 0.686. The summed E-state index contributed by atoms with van der Waals surface area (Å²) in [6.07, 6.45) is 13.1. The van der Waals surface area contributed by atoms with Crippen molar-refractivity contribution >= 4 is 0 Å². The van der Waals surface area contributed by atoms with Gasteiger partial charge in [0.15, 0.2) is 0 Å². The molecular weight excluding hydrogens is 242 g/mol. The molecule has 0 aromatic rings. The average Bonchev–Trinajstić information content (AvgIpc) is 2.85. The van der Waals surface area contributed by atoms with Gasteiger partial charge in [0.05, 0.1) is 0 Å². The maximum atomic E-state index is 3.99. The zero-order valence-corrected chi connectivity index (χ0v) is 14.4. The van der Waals surface area contributed by atoms with Gasteiger partial charge in [-0.15, -0.1) is 0 Å². The monoisotopic (exact) mass is 279 g/mol. The van der Waals surface area contributed by atoms with Crippen LogP contribution in [0.2, 0.25) is 0 Å². The van der Waals surface area contributed by atoms with E-state index < -0.39 is 0 Å². The van der Waals surface area contributed by atoms with Crippen LogP contribution in [0.5, 0.6) is 0 Å². The normalized spacial score (nSPS) is 30.3. The van der Waals surface area contributed by atoms with Crippen LogP contribution in [0.3, 0.4) is 0 Å². The molecule has 2 aliphatic rings. The van der Waals surface area contributed by atoms with Crippen LogP contribution < -0.4 is 5.32 Å². The van der Waals surface area contributed by atoms with Gasteiger partial charge in [0.2, 0.25) is 0 Å². The first-order valence-electron chi connectivity index (χ1n) is 9.24. The maximum Gasteiger partial charge on any atom is 0.00700 e. The molecule has 2 unspecified atom stereocenters.